The first-order valence-electron chi connectivity index (χ1n) is 7.39. The van der Waals surface area contributed by atoms with Crippen molar-refractivity contribution in [3.05, 3.63) is 42.4 Å². The number of carbonyl (C=O) groups is 1. The van der Waals surface area contributed by atoms with Gasteiger partial charge in [0.05, 0.1) is 32.5 Å². The molecule has 0 amide bonds. The second kappa shape index (κ2) is 6.57. The minimum atomic E-state index is -0.344. The zero-order valence-corrected chi connectivity index (χ0v) is 13.4. The SMILES string of the molecule is COC(=O)CCc1nc2cnc(-c3ccc(OC)cc3)cn2c1O. The highest BCUT2D eigenvalue weighted by molar-refractivity contribution is 5.69. The first-order valence-corrected chi connectivity index (χ1v) is 7.39. The molecule has 2 aromatic heterocycles. The molecule has 7 nitrogen and oxygen atoms in total. The van der Waals surface area contributed by atoms with Crippen molar-refractivity contribution in [2.75, 3.05) is 14.2 Å². The minimum Gasteiger partial charge on any atom is -0.497 e. The van der Waals surface area contributed by atoms with E-state index in [9.17, 15) is 9.90 Å². The van der Waals surface area contributed by atoms with Gasteiger partial charge in [-0.25, -0.2) is 4.98 Å². The lowest BCUT2D eigenvalue weighted by molar-refractivity contribution is -0.140. The fourth-order valence-corrected chi connectivity index (χ4v) is 2.39. The molecule has 24 heavy (non-hydrogen) atoms. The number of hydrogen-bond acceptors (Lipinski definition) is 6. The van der Waals surface area contributed by atoms with Gasteiger partial charge in [0, 0.05) is 18.2 Å². The number of fused-ring (bicyclic) bond motifs is 1. The number of aromatic nitrogens is 3. The Kier molecular flexibility index (Phi) is 4.33. The van der Waals surface area contributed by atoms with E-state index < -0.39 is 0 Å². The van der Waals surface area contributed by atoms with E-state index in [1.165, 1.54) is 7.11 Å². The van der Waals surface area contributed by atoms with E-state index in [0.29, 0.717) is 23.5 Å². The van der Waals surface area contributed by atoms with Crippen molar-refractivity contribution >= 4 is 11.6 Å². The Morgan fingerprint density at radius 1 is 1.25 bits per heavy atom. The van der Waals surface area contributed by atoms with Gasteiger partial charge in [0.25, 0.3) is 0 Å². The summed E-state index contributed by atoms with van der Waals surface area (Å²) in [5, 5.41) is 10.3. The Hall–Kier alpha value is -3.09. The van der Waals surface area contributed by atoms with E-state index in [-0.39, 0.29) is 18.3 Å². The lowest BCUT2D eigenvalue weighted by atomic mass is 10.1. The summed E-state index contributed by atoms with van der Waals surface area (Å²) in [5.74, 6) is 0.421. The number of nitrogens with zero attached hydrogens (tertiary/aromatic N) is 3. The van der Waals surface area contributed by atoms with Crippen LogP contribution in [0, 0.1) is 0 Å². The summed E-state index contributed by atoms with van der Waals surface area (Å²) in [7, 11) is 2.94. The van der Waals surface area contributed by atoms with Crippen LogP contribution < -0.4 is 4.74 Å². The maximum atomic E-state index is 11.2. The van der Waals surface area contributed by atoms with Gasteiger partial charge >= 0.3 is 5.97 Å². The fourth-order valence-electron chi connectivity index (χ4n) is 2.39. The van der Waals surface area contributed by atoms with Crippen LogP contribution in [0.4, 0.5) is 0 Å². The number of methoxy groups -OCH3 is 2. The van der Waals surface area contributed by atoms with Crippen molar-refractivity contribution in [3.63, 3.8) is 0 Å². The molecule has 124 valence electrons. The summed E-state index contributed by atoms with van der Waals surface area (Å²) in [5.41, 5.74) is 2.54. The van der Waals surface area contributed by atoms with Crippen molar-refractivity contribution in [1.82, 2.24) is 14.4 Å². The highest BCUT2D eigenvalue weighted by Crippen LogP contribution is 2.25. The number of rotatable bonds is 5. The number of hydrogen-bond donors (Lipinski definition) is 1. The summed E-state index contributed by atoms with van der Waals surface area (Å²) in [6, 6.07) is 7.46. The molecule has 0 saturated heterocycles. The molecule has 0 aliphatic carbocycles. The van der Waals surface area contributed by atoms with Crippen molar-refractivity contribution in [2.45, 2.75) is 12.8 Å². The predicted molar refractivity (Wildman–Crippen MR) is 87.0 cm³/mol. The summed E-state index contributed by atoms with van der Waals surface area (Å²) in [6.07, 6.45) is 3.76. The van der Waals surface area contributed by atoms with E-state index >= 15 is 0 Å². The second-order valence-corrected chi connectivity index (χ2v) is 5.19. The van der Waals surface area contributed by atoms with Gasteiger partial charge in [0.2, 0.25) is 5.88 Å². The molecule has 0 aliphatic rings. The summed E-state index contributed by atoms with van der Waals surface area (Å²) in [4.78, 5) is 19.9. The molecule has 0 fully saturated rings. The highest BCUT2D eigenvalue weighted by atomic mass is 16.5. The molecule has 0 radical (unpaired) electrons. The standard InChI is InChI=1S/C17H17N3O4/c1-23-12-5-3-11(4-6-12)14-10-20-15(9-18-14)19-13(17(20)22)7-8-16(21)24-2/h3-6,9-10,22H,7-8H2,1-2H3. The van der Waals surface area contributed by atoms with E-state index in [2.05, 4.69) is 14.7 Å². The quantitative estimate of drug-likeness (QED) is 0.723. The molecular weight excluding hydrogens is 310 g/mol. The molecule has 3 aromatic rings. The van der Waals surface area contributed by atoms with Gasteiger partial charge in [0.15, 0.2) is 5.65 Å². The third kappa shape index (κ3) is 3.01. The maximum absolute atomic E-state index is 11.2. The first-order chi connectivity index (χ1) is 11.6. The average Bonchev–Trinajstić information content (AvgIpc) is 2.95. The van der Waals surface area contributed by atoms with Gasteiger partial charge in [-0.3, -0.25) is 14.2 Å². The molecule has 0 spiro atoms. The number of carbonyl (C=O) groups excluding carboxylic acids is 1. The molecule has 2 heterocycles. The smallest absolute Gasteiger partial charge is 0.305 e. The normalized spacial score (nSPS) is 10.8. The van der Waals surface area contributed by atoms with Crippen LogP contribution >= 0.6 is 0 Å². The van der Waals surface area contributed by atoms with E-state index in [0.717, 1.165) is 11.3 Å². The number of esters is 1. The van der Waals surface area contributed by atoms with Crippen molar-refractivity contribution in [2.24, 2.45) is 0 Å². The van der Waals surface area contributed by atoms with Crippen LogP contribution in [0.2, 0.25) is 0 Å². The topological polar surface area (TPSA) is 86.0 Å². The monoisotopic (exact) mass is 327 g/mol. The molecule has 0 aliphatic heterocycles. The molecule has 1 aromatic carbocycles. The third-order valence-corrected chi connectivity index (χ3v) is 3.73. The van der Waals surface area contributed by atoms with Crippen LogP contribution in [-0.4, -0.2) is 39.7 Å². The average molecular weight is 327 g/mol. The van der Waals surface area contributed by atoms with Gasteiger partial charge < -0.3 is 14.6 Å². The van der Waals surface area contributed by atoms with E-state index in [4.69, 9.17) is 4.74 Å². The predicted octanol–water partition coefficient (Wildman–Crippen LogP) is 2.22. The van der Waals surface area contributed by atoms with Crippen LogP contribution in [0.25, 0.3) is 16.9 Å². The molecule has 0 saturated carbocycles. The Balaban J connectivity index is 1.92. The Morgan fingerprint density at radius 2 is 2.00 bits per heavy atom. The van der Waals surface area contributed by atoms with Crippen LogP contribution in [0.15, 0.2) is 36.7 Å². The van der Waals surface area contributed by atoms with Gasteiger partial charge in [-0.05, 0) is 24.3 Å². The number of benzene rings is 1. The zero-order valence-electron chi connectivity index (χ0n) is 13.4. The van der Waals surface area contributed by atoms with E-state index in [1.807, 2.05) is 24.3 Å². The highest BCUT2D eigenvalue weighted by Gasteiger charge is 2.14. The summed E-state index contributed by atoms with van der Waals surface area (Å²) >= 11 is 0. The lowest BCUT2D eigenvalue weighted by Crippen LogP contribution is -2.02. The minimum absolute atomic E-state index is 0.00562. The molecule has 0 bridgehead atoms. The Morgan fingerprint density at radius 3 is 2.67 bits per heavy atom. The van der Waals surface area contributed by atoms with Gasteiger partial charge in [-0.2, -0.15) is 0 Å². The molecule has 3 rings (SSSR count). The first kappa shape index (κ1) is 15.8. The molecule has 1 N–H and O–H groups in total. The Bertz CT molecular complexity index is 871. The molecule has 0 atom stereocenters. The maximum Gasteiger partial charge on any atom is 0.305 e. The van der Waals surface area contributed by atoms with Crippen LogP contribution in [0.5, 0.6) is 11.6 Å². The summed E-state index contributed by atoms with van der Waals surface area (Å²) in [6.45, 7) is 0. The second-order valence-electron chi connectivity index (χ2n) is 5.19. The van der Waals surface area contributed by atoms with Crippen molar-refractivity contribution in [1.29, 1.82) is 0 Å². The van der Waals surface area contributed by atoms with Crippen LogP contribution in [0.3, 0.4) is 0 Å². The van der Waals surface area contributed by atoms with Gasteiger partial charge in [-0.15, -0.1) is 0 Å². The summed E-state index contributed by atoms with van der Waals surface area (Å²) < 4.78 is 11.3. The van der Waals surface area contributed by atoms with Crippen molar-refractivity contribution in [3.8, 4) is 22.9 Å². The zero-order chi connectivity index (χ0) is 17.1. The molecular formula is C17H17N3O4. The van der Waals surface area contributed by atoms with Gasteiger partial charge in [-0.1, -0.05) is 0 Å². The number of imidazole rings is 1. The molecule has 7 heteroatoms. The fraction of sp³-hybridized carbons (Fsp3) is 0.235. The Labute approximate surface area is 138 Å². The van der Waals surface area contributed by atoms with Crippen molar-refractivity contribution < 1.29 is 19.4 Å². The van der Waals surface area contributed by atoms with Crippen LogP contribution in [0.1, 0.15) is 12.1 Å². The largest absolute Gasteiger partial charge is 0.497 e. The number of aryl methyl sites for hydroxylation is 1. The van der Waals surface area contributed by atoms with E-state index in [1.54, 1.807) is 23.9 Å². The third-order valence-electron chi connectivity index (χ3n) is 3.73. The lowest BCUT2D eigenvalue weighted by Gasteiger charge is -2.04. The number of aromatic hydroxyl groups is 1. The molecule has 0 unspecified atom stereocenters. The number of ether oxygens (including phenoxy) is 2. The van der Waals surface area contributed by atoms with Crippen LogP contribution in [-0.2, 0) is 16.0 Å². The van der Waals surface area contributed by atoms with Gasteiger partial charge in [0.1, 0.15) is 11.4 Å².